The van der Waals surface area contributed by atoms with Gasteiger partial charge in [0.05, 0.1) is 38.7 Å². The normalized spacial score (nSPS) is 11.1. The Morgan fingerprint density at radius 1 is 1.14 bits per heavy atom. The van der Waals surface area contributed by atoms with E-state index in [0.29, 0.717) is 46.9 Å². The van der Waals surface area contributed by atoms with E-state index in [9.17, 15) is 9.90 Å². The number of hydrogen-bond donors (Lipinski definition) is 1. The third-order valence-corrected chi connectivity index (χ3v) is 6.51. The molecule has 0 aliphatic carbocycles. The van der Waals surface area contributed by atoms with Crippen LogP contribution in [0.5, 0.6) is 17.2 Å². The smallest absolute Gasteiger partial charge is 0.227 e. The lowest BCUT2D eigenvalue weighted by Gasteiger charge is -2.26. The molecular formula is C27H34ClN3O4. The van der Waals surface area contributed by atoms with Gasteiger partial charge in [0.1, 0.15) is 16.6 Å². The van der Waals surface area contributed by atoms with Crippen molar-refractivity contribution in [1.82, 2.24) is 9.55 Å². The first-order chi connectivity index (χ1) is 16.7. The van der Waals surface area contributed by atoms with Gasteiger partial charge in [0.15, 0.2) is 11.5 Å². The van der Waals surface area contributed by atoms with Crippen molar-refractivity contribution in [1.29, 1.82) is 0 Å². The summed E-state index contributed by atoms with van der Waals surface area (Å²) < 4.78 is 12.9. The van der Waals surface area contributed by atoms with Crippen LogP contribution in [0, 0.1) is 19.8 Å². The quantitative estimate of drug-likeness (QED) is 0.376. The SMILES string of the molecule is COc1ccc(N(Cc2nc(C)c(C)n2Cc2ccccc2O)C(=O)CCC(C)C)c(Cl)c1OC. The number of para-hydroxylation sites is 1. The summed E-state index contributed by atoms with van der Waals surface area (Å²) in [7, 11) is 3.06. The van der Waals surface area contributed by atoms with Crippen molar-refractivity contribution in [3.63, 3.8) is 0 Å². The first kappa shape index (κ1) is 26.4. The summed E-state index contributed by atoms with van der Waals surface area (Å²) in [5, 5.41) is 10.6. The number of phenolic OH excluding ortho intramolecular Hbond substituents is 1. The van der Waals surface area contributed by atoms with Gasteiger partial charge in [-0.25, -0.2) is 4.98 Å². The van der Waals surface area contributed by atoms with Crippen LogP contribution in [0.15, 0.2) is 36.4 Å². The van der Waals surface area contributed by atoms with E-state index in [4.69, 9.17) is 26.1 Å². The molecule has 0 unspecified atom stereocenters. The Balaban J connectivity index is 2.06. The Morgan fingerprint density at radius 2 is 1.86 bits per heavy atom. The van der Waals surface area contributed by atoms with Crippen LogP contribution < -0.4 is 14.4 Å². The third kappa shape index (κ3) is 5.90. The second-order valence-corrected chi connectivity index (χ2v) is 9.34. The highest BCUT2D eigenvalue weighted by molar-refractivity contribution is 6.35. The summed E-state index contributed by atoms with van der Waals surface area (Å²) in [6.45, 7) is 8.75. The standard InChI is InChI=1S/C27H34ClN3O4/c1-17(2)11-14-25(33)31(21-12-13-23(34-5)27(35-6)26(21)28)16-24-29-18(3)19(4)30(24)15-20-9-7-8-10-22(20)32/h7-10,12-13,17,32H,11,14-16H2,1-6H3. The molecule has 3 aromatic rings. The van der Waals surface area contributed by atoms with Crippen LogP contribution in [-0.2, 0) is 17.9 Å². The molecule has 0 aliphatic rings. The van der Waals surface area contributed by atoms with Crippen molar-refractivity contribution in [2.24, 2.45) is 5.92 Å². The van der Waals surface area contributed by atoms with Crippen molar-refractivity contribution in [3.8, 4) is 17.2 Å². The zero-order valence-electron chi connectivity index (χ0n) is 21.3. The number of aromatic nitrogens is 2. The molecule has 7 nitrogen and oxygen atoms in total. The molecule has 0 radical (unpaired) electrons. The molecule has 0 aliphatic heterocycles. The fourth-order valence-electron chi connectivity index (χ4n) is 3.95. The number of methoxy groups -OCH3 is 2. The molecule has 0 saturated heterocycles. The Kier molecular flexibility index (Phi) is 8.67. The van der Waals surface area contributed by atoms with E-state index in [2.05, 4.69) is 13.8 Å². The number of aryl methyl sites for hydroxylation is 1. The minimum atomic E-state index is -0.0553. The van der Waals surface area contributed by atoms with Crippen LogP contribution in [-0.4, -0.2) is 34.8 Å². The Labute approximate surface area is 212 Å². The predicted octanol–water partition coefficient (Wildman–Crippen LogP) is 5.89. The van der Waals surface area contributed by atoms with Crippen molar-refractivity contribution in [2.45, 2.75) is 53.6 Å². The highest BCUT2D eigenvalue weighted by Crippen LogP contribution is 2.42. The van der Waals surface area contributed by atoms with E-state index >= 15 is 0 Å². The number of anilines is 1. The maximum absolute atomic E-state index is 13.5. The molecule has 1 aromatic heterocycles. The Bertz CT molecular complexity index is 1190. The minimum Gasteiger partial charge on any atom is -0.508 e. The fraction of sp³-hybridized carbons (Fsp3) is 0.407. The molecule has 35 heavy (non-hydrogen) atoms. The first-order valence-corrected chi connectivity index (χ1v) is 12.1. The summed E-state index contributed by atoms with van der Waals surface area (Å²) in [6, 6.07) is 10.7. The van der Waals surface area contributed by atoms with Crippen LogP contribution in [0.2, 0.25) is 5.02 Å². The van der Waals surface area contributed by atoms with E-state index in [1.165, 1.54) is 7.11 Å². The number of carbonyl (C=O) groups is 1. The number of halogens is 1. The average Bonchev–Trinajstić information content (AvgIpc) is 3.09. The van der Waals surface area contributed by atoms with Crippen molar-refractivity contribution in [2.75, 3.05) is 19.1 Å². The van der Waals surface area contributed by atoms with Gasteiger partial charge in [0.25, 0.3) is 0 Å². The largest absolute Gasteiger partial charge is 0.508 e. The van der Waals surface area contributed by atoms with E-state index < -0.39 is 0 Å². The number of amides is 1. The van der Waals surface area contributed by atoms with Gasteiger partial charge in [-0.3, -0.25) is 4.79 Å². The van der Waals surface area contributed by atoms with Crippen molar-refractivity contribution in [3.05, 3.63) is 64.2 Å². The molecule has 3 rings (SSSR count). The fourth-order valence-corrected chi connectivity index (χ4v) is 4.29. The monoisotopic (exact) mass is 499 g/mol. The van der Waals surface area contributed by atoms with Gasteiger partial charge in [0.2, 0.25) is 5.91 Å². The maximum atomic E-state index is 13.5. The summed E-state index contributed by atoms with van der Waals surface area (Å²) in [5.74, 6) is 2.11. The van der Waals surface area contributed by atoms with Gasteiger partial charge < -0.3 is 24.0 Å². The molecule has 1 amide bonds. The lowest BCUT2D eigenvalue weighted by atomic mass is 10.1. The second-order valence-electron chi connectivity index (χ2n) is 8.96. The van der Waals surface area contributed by atoms with E-state index in [1.807, 2.05) is 30.5 Å². The molecule has 0 bridgehead atoms. The van der Waals surface area contributed by atoms with Crippen LogP contribution in [0.3, 0.4) is 0 Å². The maximum Gasteiger partial charge on any atom is 0.227 e. The molecule has 8 heteroatoms. The molecule has 0 atom stereocenters. The Morgan fingerprint density at radius 3 is 2.49 bits per heavy atom. The van der Waals surface area contributed by atoms with E-state index in [-0.39, 0.29) is 18.2 Å². The summed E-state index contributed by atoms with van der Waals surface area (Å²) in [6.07, 6.45) is 1.13. The lowest BCUT2D eigenvalue weighted by Crippen LogP contribution is -2.32. The first-order valence-electron chi connectivity index (χ1n) is 11.7. The number of carbonyl (C=O) groups excluding carboxylic acids is 1. The van der Waals surface area contributed by atoms with Gasteiger partial charge in [-0.15, -0.1) is 0 Å². The number of rotatable bonds is 10. The molecular weight excluding hydrogens is 466 g/mol. The van der Waals surface area contributed by atoms with Crippen LogP contribution >= 0.6 is 11.6 Å². The summed E-state index contributed by atoms with van der Waals surface area (Å²) >= 11 is 6.73. The number of aromatic hydroxyl groups is 1. The van der Waals surface area contributed by atoms with Gasteiger partial charge in [0, 0.05) is 17.7 Å². The Hall–Kier alpha value is -3.19. The predicted molar refractivity (Wildman–Crippen MR) is 139 cm³/mol. The van der Waals surface area contributed by atoms with Gasteiger partial charge in [-0.2, -0.15) is 0 Å². The van der Waals surface area contributed by atoms with Crippen molar-refractivity contribution >= 4 is 23.2 Å². The van der Waals surface area contributed by atoms with Crippen LogP contribution in [0.1, 0.15) is 49.5 Å². The molecule has 0 fully saturated rings. The molecule has 188 valence electrons. The number of imidazole rings is 1. The van der Waals surface area contributed by atoms with Gasteiger partial charge >= 0.3 is 0 Å². The van der Waals surface area contributed by atoms with Crippen LogP contribution in [0.25, 0.3) is 0 Å². The minimum absolute atomic E-state index is 0.0553. The number of ether oxygens (including phenoxy) is 2. The van der Waals surface area contributed by atoms with E-state index in [0.717, 1.165) is 23.4 Å². The number of phenols is 1. The lowest BCUT2D eigenvalue weighted by molar-refractivity contribution is -0.119. The van der Waals surface area contributed by atoms with Gasteiger partial charge in [-0.05, 0) is 44.4 Å². The van der Waals surface area contributed by atoms with Crippen LogP contribution in [0.4, 0.5) is 5.69 Å². The molecule has 1 heterocycles. The van der Waals surface area contributed by atoms with E-state index in [1.54, 1.807) is 36.3 Å². The molecule has 2 aromatic carbocycles. The number of hydrogen-bond acceptors (Lipinski definition) is 5. The zero-order valence-corrected chi connectivity index (χ0v) is 22.0. The summed E-state index contributed by atoms with van der Waals surface area (Å²) in [4.78, 5) is 19.9. The van der Waals surface area contributed by atoms with Gasteiger partial charge in [-0.1, -0.05) is 43.6 Å². The third-order valence-electron chi connectivity index (χ3n) is 6.15. The van der Waals surface area contributed by atoms with Crippen molar-refractivity contribution < 1.29 is 19.4 Å². The summed E-state index contributed by atoms with van der Waals surface area (Å²) in [5.41, 5.74) is 3.14. The molecule has 0 spiro atoms. The number of benzene rings is 2. The highest BCUT2D eigenvalue weighted by Gasteiger charge is 2.25. The average molecular weight is 500 g/mol. The number of nitrogens with zero attached hydrogens (tertiary/aromatic N) is 3. The second kappa shape index (κ2) is 11.5. The topological polar surface area (TPSA) is 76.8 Å². The molecule has 0 saturated carbocycles. The molecule has 1 N–H and O–H groups in total. The highest BCUT2D eigenvalue weighted by atomic mass is 35.5. The zero-order chi connectivity index (χ0) is 25.7.